The standard InChI is InChI=1S/C64H51N3O2/c1-35-28-39(5)57(40(6)29-35)48-18-13-19-49(58-41(7)30-36(2)31-42(58)8)59(48)46-33-50(45-25-27-56-51(32-45)47-17-9-10-21-55(47)69-56)62-53(34-46)67(63-37(3)14-11-15-38(63)4)64(66-62)52-26-24-44-23-22-43-16-12-20-54(68)60(43)61(44)65-52/h9-34,68H,1-8H3. The van der Waals surface area contributed by atoms with Gasteiger partial charge in [0, 0.05) is 27.1 Å². The number of fused-ring (bicyclic) bond motifs is 7. The van der Waals surface area contributed by atoms with E-state index in [9.17, 15) is 5.11 Å². The molecule has 69 heavy (non-hydrogen) atoms. The normalized spacial score (nSPS) is 11.8. The number of benzene rings is 9. The summed E-state index contributed by atoms with van der Waals surface area (Å²) >= 11 is 0. The number of phenolic OH excluding ortho intramolecular Hbond substituents is 1. The van der Waals surface area contributed by atoms with Gasteiger partial charge in [0.1, 0.15) is 22.6 Å². The summed E-state index contributed by atoms with van der Waals surface area (Å²) in [5.41, 5.74) is 24.9. The Kier molecular flexibility index (Phi) is 9.72. The molecule has 0 aliphatic rings. The summed E-state index contributed by atoms with van der Waals surface area (Å²) in [6.07, 6.45) is 0. The smallest absolute Gasteiger partial charge is 0.164 e. The fraction of sp³-hybridized carbons (Fsp3) is 0.125. The molecule has 1 N–H and O–H groups in total. The van der Waals surface area contributed by atoms with Crippen molar-refractivity contribution < 1.29 is 9.52 Å². The largest absolute Gasteiger partial charge is 0.507 e. The number of pyridine rings is 1. The molecule has 5 heteroatoms. The van der Waals surface area contributed by atoms with Crippen LogP contribution in [0.5, 0.6) is 5.75 Å². The summed E-state index contributed by atoms with van der Waals surface area (Å²) in [6, 6.07) is 56.1. The number of hydrogen-bond acceptors (Lipinski definition) is 4. The van der Waals surface area contributed by atoms with Crippen molar-refractivity contribution in [2.45, 2.75) is 55.4 Å². The molecule has 12 rings (SSSR count). The molecule has 0 unspecified atom stereocenters. The molecule has 0 amide bonds. The van der Waals surface area contributed by atoms with Crippen molar-refractivity contribution in [1.82, 2.24) is 14.5 Å². The highest BCUT2D eigenvalue weighted by Gasteiger charge is 2.26. The van der Waals surface area contributed by atoms with E-state index < -0.39 is 0 Å². The first-order chi connectivity index (χ1) is 33.4. The SMILES string of the molecule is Cc1cc(C)c(-c2cccc(-c3c(C)cc(C)cc3C)c2-c2cc(-c3ccc4oc5ccccc5c4c3)c3nc(-c4ccc5ccc6cccc(O)c6c5n4)n(-c4c(C)cccc4C)c3c2)c(C)c1. The number of nitrogens with zero attached hydrogens (tertiary/aromatic N) is 3. The number of aromatic nitrogens is 3. The Balaban J connectivity index is 1.26. The van der Waals surface area contributed by atoms with Crippen LogP contribution < -0.4 is 0 Å². The van der Waals surface area contributed by atoms with E-state index in [0.29, 0.717) is 11.5 Å². The van der Waals surface area contributed by atoms with Crippen molar-refractivity contribution in [3.8, 4) is 67.5 Å². The van der Waals surface area contributed by atoms with Gasteiger partial charge in [0.2, 0.25) is 0 Å². The lowest BCUT2D eigenvalue weighted by Gasteiger charge is -2.23. The Labute approximate surface area is 402 Å². The molecule has 0 saturated carbocycles. The zero-order chi connectivity index (χ0) is 47.4. The van der Waals surface area contributed by atoms with Crippen molar-refractivity contribution in [2.24, 2.45) is 0 Å². The topological polar surface area (TPSA) is 64.1 Å². The molecule has 3 heterocycles. The molecule has 0 aliphatic carbocycles. The lowest BCUT2D eigenvalue weighted by atomic mass is 9.81. The van der Waals surface area contributed by atoms with Gasteiger partial charge in [-0.15, -0.1) is 0 Å². The maximum Gasteiger partial charge on any atom is 0.164 e. The number of phenols is 1. The number of para-hydroxylation sites is 2. The summed E-state index contributed by atoms with van der Waals surface area (Å²) in [5, 5.41) is 16.0. The van der Waals surface area contributed by atoms with Gasteiger partial charge in [-0.25, -0.2) is 9.97 Å². The fourth-order valence-corrected chi connectivity index (χ4v) is 11.5. The van der Waals surface area contributed by atoms with Crippen molar-refractivity contribution in [1.29, 1.82) is 0 Å². The van der Waals surface area contributed by atoms with Crippen LogP contribution in [0.2, 0.25) is 0 Å². The zero-order valence-electron chi connectivity index (χ0n) is 40.2. The Morgan fingerprint density at radius 1 is 0.435 bits per heavy atom. The van der Waals surface area contributed by atoms with Gasteiger partial charge in [0.05, 0.1) is 22.2 Å². The van der Waals surface area contributed by atoms with Crippen LogP contribution in [0, 0.1) is 55.4 Å². The van der Waals surface area contributed by atoms with Gasteiger partial charge in [-0.05, 0) is 176 Å². The summed E-state index contributed by atoms with van der Waals surface area (Å²) < 4.78 is 8.75. The summed E-state index contributed by atoms with van der Waals surface area (Å²) in [6.45, 7) is 17.7. The van der Waals surface area contributed by atoms with Crippen LogP contribution >= 0.6 is 0 Å². The molecule has 0 radical (unpaired) electrons. The van der Waals surface area contributed by atoms with Gasteiger partial charge in [-0.2, -0.15) is 0 Å². The number of hydrogen-bond donors (Lipinski definition) is 1. The van der Waals surface area contributed by atoms with Crippen LogP contribution in [-0.2, 0) is 0 Å². The van der Waals surface area contributed by atoms with Gasteiger partial charge in [-0.3, -0.25) is 4.57 Å². The molecule has 3 aromatic heterocycles. The van der Waals surface area contributed by atoms with E-state index in [1.807, 2.05) is 30.3 Å². The number of rotatable bonds is 6. The first-order valence-electron chi connectivity index (χ1n) is 23.8. The van der Waals surface area contributed by atoms with Crippen molar-refractivity contribution in [2.75, 3.05) is 0 Å². The Morgan fingerprint density at radius 2 is 1.04 bits per heavy atom. The molecule has 334 valence electrons. The second kappa shape index (κ2) is 15.9. The summed E-state index contributed by atoms with van der Waals surface area (Å²) in [4.78, 5) is 11.2. The Bertz CT molecular complexity index is 3990. The molecule has 5 nitrogen and oxygen atoms in total. The van der Waals surface area contributed by atoms with Gasteiger partial charge < -0.3 is 9.52 Å². The van der Waals surface area contributed by atoms with Gasteiger partial charge in [0.15, 0.2) is 5.82 Å². The number of aryl methyl sites for hydroxylation is 8. The van der Waals surface area contributed by atoms with E-state index in [2.05, 4.69) is 181 Å². The van der Waals surface area contributed by atoms with Gasteiger partial charge >= 0.3 is 0 Å². The molecule has 9 aromatic carbocycles. The van der Waals surface area contributed by atoms with Crippen molar-refractivity contribution in [3.05, 3.63) is 202 Å². The lowest BCUT2D eigenvalue weighted by Crippen LogP contribution is -2.04. The Hall–Kier alpha value is -8.28. The first kappa shape index (κ1) is 42.1. The molecule has 0 bridgehead atoms. The van der Waals surface area contributed by atoms with Crippen LogP contribution in [0.3, 0.4) is 0 Å². The predicted molar refractivity (Wildman–Crippen MR) is 288 cm³/mol. The highest BCUT2D eigenvalue weighted by atomic mass is 16.3. The molecular formula is C64H51N3O2. The zero-order valence-corrected chi connectivity index (χ0v) is 40.2. The summed E-state index contributed by atoms with van der Waals surface area (Å²) in [5.74, 6) is 0.918. The molecule has 0 spiro atoms. The predicted octanol–water partition coefficient (Wildman–Crippen LogP) is 17.1. The minimum atomic E-state index is 0.202. The summed E-state index contributed by atoms with van der Waals surface area (Å²) in [7, 11) is 0. The maximum absolute atomic E-state index is 11.3. The van der Waals surface area contributed by atoms with Gasteiger partial charge in [-0.1, -0.05) is 126 Å². The van der Waals surface area contributed by atoms with Crippen LogP contribution in [0.15, 0.2) is 162 Å². The van der Waals surface area contributed by atoms with Crippen LogP contribution in [-0.4, -0.2) is 19.6 Å². The minimum Gasteiger partial charge on any atom is -0.507 e. The number of imidazole rings is 1. The lowest BCUT2D eigenvalue weighted by molar-refractivity contribution is 0.482. The quantitative estimate of drug-likeness (QED) is 0.169. The average molecular weight is 894 g/mol. The van der Waals surface area contributed by atoms with Crippen molar-refractivity contribution in [3.63, 3.8) is 0 Å². The van der Waals surface area contributed by atoms with Crippen LogP contribution in [0.25, 0.3) is 116 Å². The van der Waals surface area contributed by atoms with Crippen molar-refractivity contribution >= 4 is 54.6 Å². The van der Waals surface area contributed by atoms with Gasteiger partial charge in [0.25, 0.3) is 0 Å². The highest BCUT2D eigenvalue weighted by molar-refractivity contribution is 6.11. The third-order valence-corrected chi connectivity index (χ3v) is 14.3. The molecule has 12 aromatic rings. The van der Waals surface area contributed by atoms with E-state index in [1.54, 1.807) is 6.07 Å². The molecule has 0 atom stereocenters. The number of furan rings is 1. The van der Waals surface area contributed by atoms with E-state index in [-0.39, 0.29) is 5.75 Å². The third-order valence-electron chi connectivity index (χ3n) is 14.3. The fourth-order valence-electron chi connectivity index (χ4n) is 11.5. The third kappa shape index (κ3) is 6.75. The van der Waals surface area contributed by atoms with E-state index in [1.165, 1.54) is 61.2 Å². The second-order valence-corrected chi connectivity index (χ2v) is 19.2. The minimum absolute atomic E-state index is 0.202. The van der Waals surface area contributed by atoms with E-state index in [4.69, 9.17) is 14.4 Å². The van der Waals surface area contributed by atoms with E-state index in [0.717, 1.165) is 88.2 Å². The number of aromatic hydroxyl groups is 1. The van der Waals surface area contributed by atoms with Crippen LogP contribution in [0.4, 0.5) is 0 Å². The van der Waals surface area contributed by atoms with Crippen LogP contribution in [0.1, 0.15) is 44.5 Å². The second-order valence-electron chi connectivity index (χ2n) is 19.2. The Morgan fingerprint density at radius 3 is 1.74 bits per heavy atom. The maximum atomic E-state index is 11.3. The first-order valence-corrected chi connectivity index (χ1v) is 23.8. The molecule has 0 aliphatic heterocycles. The average Bonchev–Trinajstić information content (AvgIpc) is 3.89. The molecule has 0 saturated heterocycles. The van der Waals surface area contributed by atoms with E-state index >= 15 is 0 Å². The molecule has 0 fully saturated rings. The molecular weight excluding hydrogens is 843 g/mol. The monoisotopic (exact) mass is 893 g/mol. The highest BCUT2D eigenvalue weighted by Crippen LogP contribution is 2.48.